The fourth-order valence-corrected chi connectivity index (χ4v) is 2.49. The maximum atomic E-state index is 12.0. The molecule has 0 aliphatic rings. The van der Waals surface area contributed by atoms with Crippen LogP contribution in [0.4, 0.5) is 0 Å². The number of para-hydroxylation sites is 1. The van der Waals surface area contributed by atoms with E-state index in [2.05, 4.69) is 25.6 Å². The first-order valence-electron chi connectivity index (χ1n) is 8.36. The Morgan fingerprint density at radius 3 is 2.92 bits per heavy atom. The highest BCUT2D eigenvalue weighted by Crippen LogP contribution is 2.08. The van der Waals surface area contributed by atoms with E-state index in [4.69, 9.17) is 12.2 Å². The van der Waals surface area contributed by atoms with Gasteiger partial charge in [0.2, 0.25) is 0 Å². The van der Waals surface area contributed by atoms with Crippen LogP contribution in [-0.2, 0) is 9.53 Å². The summed E-state index contributed by atoms with van der Waals surface area (Å²) in [5, 5.41) is 8.33. The summed E-state index contributed by atoms with van der Waals surface area (Å²) < 4.78 is 4.58. The number of pyridine rings is 1. The smallest absolute Gasteiger partial charge is 0.305 e. The van der Waals surface area contributed by atoms with Crippen LogP contribution in [0.15, 0.2) is 40.2 Å². The van der Waals surface area contributed by atoms with Gasteiger partial charge in [0.05, 0.1) is 18.9 Å². The van der Waals surface area contributed by atoms with Crippen molar-refractivity contribution in [2.24, 2.45) is 5.10 Å². The number of carbonyl (C=O) groups is 1. The zero-order chi connectivity index (χ0) is 18.8. The van der Waals surface area contributed by atoms with E-state index in [1.165, 1.54) is 13.3 Å². The number of hydrazone groups is 1. The number of H-pyrrole nitrogens is 1. The van der Waals surface area contributed by atoms with Crippen LogP contribution in [0.3, 0.4) is 0 Å². The van der Waals surface area contributed by atoms with E-state index in [0.717, 1.165) is 30.2 Å². The Morgan fingerprint density at radius 1 is 1.31 bits per heavy atom. The Morgan fingerprint density at radius 2 is 2.12 bits per heavy atom. The topological polar surface area (TPSA) is 95.6 Å². The lowest BCUT2D eigenvalue weighted by molar-refractivity contribution is -0.140. The minimum atomic E-state index is -0.210. The predicted molar refractivity (Wildman–Crippen MR) is 106 cm³/mol. The van der Waals surface area contributed by atoms with Gasteiger partial charge in [0.1, 0.15) is 0 Å². The average Bonchev–Trinajstić information content (AvgIpc) is 2.64. The molecule has 0 aliphatic carbocycles. The van der Waals surface area contributed by atoms with E-state index in [1.807, 2.05) is 24.3 Å². The lowest BCUT2D eigenvalue weighted by Gasteiger charge is -2.06. The van der Waals surface area contributed by atoms with Crippen molar-refractivity contribution in [1.82, 2.24) is 15.7 Å². The van der Waals surface area contributed by atoms with Gasteiger partial charge in [0.15, 0.2) is 5.11 Å². The molecule has 0 radical (unpaired) electrons. The van der Waals surface area contributed by atoms with E-state index >= 15 is 0 Å². The molecule has 0 amide bonds. The van der Waals surface area contributed by atoms with E-state index < -0.39 is 0 Å². The number of hydrogen-bond acceptors (Lipinski definition) is 5. The fourth-order valence-electron chi connectivity index (χ4n) is 2.34. The molecule has 1 aromatic heterocycles. The summed E-state index contributed by atoms with van der Waals surface area (Å²) in [5.41, 5.74) is 3.71. The summed E-state index contributed by atoms with van der Waals surface area (Å²) in [6.45, 7) is 0.680. The molecule has 26 heavy (non-hydrogen) atoms. The first kappa shape index (κ1) is 19.6. The van der Waals surface area contributed by atoms with Crippen LogP contribution in [0.5, 0.6) is 0 Å². The maximum Gasteiger partial charge on any atom is 0.305 e. The lowest BCUT2D eigenvalue weighted by atomic mass is 10.2. The summed E-state index contributed by atoms with van der Waals surface area (Å²) in [4.78, 5) is 25.8. The summed E-state index contributed by atoms with van der Waals surface area (Å²) in [6, 6.07) is 9.32. The van der Waals surface area contributed by atoms with Crippen LogP contribution in [0.1, 0.15) is 31.2 Å². The monoisotopic (exact) mass is 374 g/mol. The number of unbranched alkanes of at least 4 members (excludes halogenated alkanes) is 2. The third-order valence-corrected chi connectivity index (χ3v) is 3.96. The van der Waals surface area contributed by atoms with Crippen molar-refractivity contribution in [2.75, 3.05) is 13.7 Å². The standard InChI is InChI=1S/C18H22N4O3S/c1-25-16(23)9-3-2-6-10-19-18(26)22-20-12-14-11-13-7-4-5-8-15(13)21-17(14)24/h4-5,7-8,11-12H,2-3,6,9-10H2,1H3,(H,21,24)(H2,19,22,26)/b20-12+. The Kier molecular flexibility index (Phi) is 7.75. The van der Waals surface area contributed by atoms with Crippen molar-refractivity contribution in [2.45, 2.75) is 25.7 Å². The average molecular weight is 374 g/mol. The summed E-state index contributed by atoms with van der Waals surface area (Å²) >= 11 is 5.12. The van der Waals surface area contributed by atoms with Gasteiger partial charge in [-0.3, -0.25) is 15.0 Å². The van der Waals surface area contributed by atoms with Gasteiger partial charge in [-0.15, -0.1) is 0 Å². The van der Waals surface area contributed by atoms with Gasteiger partial charge in [0, 0.05) is 18.5 Å². The third kappa shape index (κ3) is 6.29. The molecular weight excluding hydrogens is 352 g/mol. The van der Waals surface area contributed by atoms with Crippen molar-refractivity contribution in [1.29, 1.82) is 0 Å². The Balaban J connectivity index is 1.73. The molecule has 0 aliphatic heterocycles. The first-order valence-corrected chi connectivity index (χ1v) is 8.77. The predicted octanol–water partition coefficient (Wildman–Crippen LogP) is 2.06. The van der Waals surface area contributed by atoms with Gasteiger partial charge in [-0.05, 0) is 42.6 Å². The third-order valence-electron chi connectivity index (χ3n) is 3.72. The maximum absolute atomic E-state index is 12.0. The van der Waals surface area contributed by atoms with E-state index in [0.29, 0.717) is 23.6 Å². The number of thiocarbonyl (C=S) groups is 1. The second-order valence-corrected chi connectivity index (χ2v) is 6.06. The molecule has 7 nitrogen and oxygen atoms in total. The first-order chi connectivity index (χ1) is 12.6. The molecule has 0 saturated carbocycles. The summed E-state index contributed by atoms with van der Waals surface area (Å²) in [6.07, 6.45) is 4.45. The molecule has 8 heteroatoms. The second kappa shape index (κ2) is 10.3. The van der Waals surface area contributed by atoms with Crippen molar-refractivity contribution in [3.05, 3.63) is 46.2 Å². The van der Waals surface area contributed by atoms with Crippen LogP contribution in [0, 0.1) is 0 Å². The molecule has 0 spiro atoms. The molecule has 1 heterocycles. The van der Waals surface area contributed by atoms with Gasteiger partial charge in [-0.2, -0.15) is 5.10 Å². The highest BCUT2D eigenvalue weighted by atomic mass is 32.1. The Bertz CT molecular complexity index is 848. The molecule has 0 unspecified atom stereocenters. The molecule has 0 bridgehead atoms. The summed E-state index contributed by atoms with van der Waals surface area (Å²) in [5.74, 6) is -0.187. The fraction of sp³-hybridized carbons (Fsp3) is 0.333. The molecule has 0 atom stereocenters. The zero-order valence-electron chi connectivity index (χ0n) is 14.6. The van der Waals surface area contributed by atoms with Crippen LogP contribution in [0.25, 0.3) is 10.9 Å². The number of nitrogens with one attached hydrogen (secondary N) is 3. The quantitative estimate of drug-likeness (QED) is 0.215. The number of benzene rings is 1. The minimum absolute atomic E-state index is 0.187. The highest BCUT2D eigenvalue weighted by Gasteiger charge is 2.01. The van der Waals surface area contributed by atoms with Crippen LogP contribution < -0.4 is 16.3 Å². The molecule has 2 aromatic rings. The number of rotatable bonds is 8. The number of esters is 1. The Hall–Kier alpha value is -2.74. The number of aromatic nitrogens is 1. The van der Waals surface area contributed by atoms with E-state index in [1.54, 1.807) is 6.07 Å². The van der Waals surface area contributed by atoms with Crippen molar-refractivity contribution in [3.63, 3.8) is 0 Å². The number of nitrogens with zero attached hydrogens (tertiary/aromatic N) is 1. The number of ether oxygens (including phenoxy) is 1. The van der Waals surface area contributed by atoms with Gasteiger partial charge in [-0.1, -0.05) is 24.6 Å². The largest absolute Gasteiger partial charge is 0.469 e. The van der Waals surface area contributed by atoms with Crippen molar-refractivity contribution >= 4 is 40.4 Å². The van der Waals surface area contributed by atoms with Gasteiger partial charge >= 0.3 is 5.97 Å². The van der Waals surface area contributed by atoms with Gasteiger partial charge < -0.3 is 15.0 Å². The lowest BCUT2D eigenvalue weighted by Crippen LogP contribution is -2.32. The van der Waals surface area contributed by atoms with Crippen molar-refractivity contribution in [3.8, 4) is 0 Å². The molecule has 3 N–H and O–H groups in total. The highest BCUT2D eigenvalue weighted by molar-refractivity contribution is 7.80. The van der Waals surface area contributed by atoms with Crippen molar-refractivity contribution < 1.29 is 9.53 Å². The van der Waals surface area contributed by atoms with E-state index in [-0.39, 0.29) is 11.5 Å². The number of fused-ring (bicyclic) bond motifs is 1. The molecular formula is C18H22N4O3S. The second-order valence-electron chi connectivity index (χ2n) is 5.65. The van der Waals surface area contributed by atoms with E-state index in [9.17, 15) is 9.59 Å². The SMILES string of the molecule is COC(=O)CCCCCNC(=S)N/N=C/c1cc2ccccc2[nH]c1=O. The number of aromatic amines is 1. The number of carbonyl (C=O) groups excluding carboxylic acids is 1. The van der Waals surface area contributed by atoms with Crippen LogP contribution in [0.2, 0.25) is 0 Å². The normalized spacial score (nSPS) is 10.8. The molecule has 0 saturated heterocycles. The molecule has 2 rings (SSSR count). The van der Waals surface area contributed by atoms with Gasteiger partial charge in [0.25, 0.3) is 5.56 Å². The molecule has 1 aromatic carbocycles. The molecule has 138 valence electrons. The summed E-state index contributed by atoms with van der Waals surface area (Å²) in [7, 11) is 1.39. The number of methoxy groups -OCH3 is 1. The zero-order valence-corrected chi connectivity index (χ0v) is 15.4. The van der Waals surface area contributed by atoms with Crippen LogP contribution in [-0.4, -0.2) is 35.9 Å². The van der Waals surface area contributed by atoms with Gasteiger partial charge in [-0.25, -0.2) is 0 Å². The molecule has 0 fully saturated rings. The van der Waals surface area contributed by atoms with Crippen LogP contribution >= 0.6 is 12.2 Å². The minimum Gasteiger partial charge on any atom is -0.469 e. The number of hydrogen-bond donors (Lipinski definition) is 3. The Labute approximate surface area is 156 Å².